The molecule has 0 saturated carbocycles. The van der Waals surface area contributed by atoms with Gasteiger partial charge in [0, 0.05) is 55.9 Å². The van der Waals surface area contributed by atoms with Gasteiger partial charge in [0.15, 0.2) is 5.96 Å². The number of rotatable bonds is 5. The normalized spacial score (nSPS) is 16.6. The molecule has 6 heteroatoms. The third-order valence-electron chi connectivity index (χ3n) is 5.52. The summed E-state index contributed by atoms with van der Waals surface area (Å²) in [7, 11) is 1.85. The van der Waals surface area contributed by atoms with Gasteiger partial charge in [0.25, 0.3) is 0 Å². The molecule has 0 atom stereocenters. The lowest BCUT2D eigenvalue weighted by Crippen LogP contribution is -2.50. The molecule has 1 fully saturated rings. The molecule has 150 valence electrons. The molecule has 0 aliphatic carbocycles. The van der Waals surface area contributed by atoms with Gasteiger partial charge in [-0.25, -0.2) is 0 Å². The van der Waals surface area contributed by atoms with Crippen LogP contribution in [0.4, 0.5) is 0 Å². The summed E-state index contributed by atoms with van der Waals surface area (Å²) in [4.78, 5) is 10.4. The SMILES string of the molecule is CN=C(NCCc1c[nH]c2c(C)cccc12)NC1CCN(C(C)C)CC1.I. The van der Waals surface area contributed by atoms with Gasteiger partial charge in [-0.15, -0.1) is 24.0 Å². The highest BCUT2D eigenvalue weighted by atomic mass is 127. The number of nitrogens with one attached hydrogen (secondary N) is 3. The molecule has 1 aromatic carbocycles. The van der Waals surface area contributed by atoms with E-state index < -0.39 is 0 Å². The Kier molecular flexibility index (Phi) is 8.41. The van der Waals surface area contributed by atoms with Crippen LogP contribution in [0, 0.1) is 6.92 Å². The summed E-state index contributed by atoms with van der Waals surface area (Å²) < 4.78 is 0. The Balaban J connectivity index is 0.00000261. The molecule has 0 amide bonds. The van der Waals surface area contributed by atoms with Crippen LogP contribution in [0.2, 0.25) is 0 Å². The van der Waals surface area contributed by atoms with Crippen molar-refractivity contribution in [2.45, 2.75) is 52.1 Å². The quantitative estimate of drug-likeness (QED) is 0.346. The van der Waals surface area contributed by atoms with Gasteiger partial charge in [0.2, 0.25) is 0 Å². The number of aryl methyl sites for hydroxylation is 1. The predicted octanol–water partition coefficient (Wildman–Crippen LogP) is 3.67. The number of piperidine rings is 1. The summed E-state index contributed by atoms with van der Waals surface area (Å²) in [6.07, 6.45) is 5.48. The number of fused-ring (bicyclic) bond motifs is 1. The van der Waals surface area contributed by atoms with Gasteiger partial charge in [0.1, 0.15) is 0 Å². The second-order valence-electron chi connectivity index (χ2n) is 7.61. The Bertz CT molecular complexity index is 744. The van der Waals surface area contributed by atoms with Gasteiger partial charge in [-0.1, -0.05) is 18.2 Å². The minimum Gasteiger partial charge on any atom is -0.361 e. The highest BCUT2D eigenvalue weighted by Crippen LogP contribution is 2.21. The van der Waals surface area contributed by atoms with Crippen molar-refractivity contribution in [2.75, 3.05) is 26.7 Å². The van der Waals surface area contributed by atoms with Crippen molar-refractivity contribution in [3.05, 3.63) is 35.5 Å². The number of aromatic amines is 1. The van der Waals surface area contributed by atoms with Crippen LogP contribution in [0.1, 0.15) is 37.8 Å². The predicted molar refractivity (Wildman–Crippen MR) is 126 cm³/mol. The average Bonchev–Trinajstić information content (AvgIpc) is 3.06. The van der Waals surface area contributed by atoms with E-state index in [1.807, 2.05) is 7.05 Å². The van der Waals surface area contributed by atoms with Gasteiger partial charge < -0.3 is 20.5 Å². The van der Waals surface area contributed by atoms with Crippen molar-refractivity contribution in [3.8, 4) is 0 Å². The second-order valence-corrected chi connectivity index (χ2v) is 7.61. The number of aliphatic imine (C=N–C) groups is 1. The van der Waals surface area contributed by atoms with Gasteiger partial charge in [-0.3, -0.25) is 4.99 Å². The van der Waals surface area contributed by atoms with E-state index >= 15 is 0 Å². The van der Waals surface area contributed by atoms with Gasteiger partial charge in [-0.05, 0) is 51.2 Å². The van der Waals surface area contributed by atoms with Crippen molar-refractivity contribution < 1.29 is 0 Å². The number of hydrogen-bond donors (Lipinski definition) is 3. The van der Waals surface area contributed by atoms with Crippen molar-refractivity contribution in [3.63, 3.8) is 0 Å². The maximum Gasteiger partial charge on any atom is 0.191 e. The second kappa shape index (κ2) is 10.3. The first-order valence-electron chi connectivity index (χ1n) is 9.85. The van der Waals surface area contributed by atoms with Crippen LogP contribution < -0.4 is 10.6 Å². The Hall–Kier alpha value is -1.28. The number of H-pyrrole nitrogens is 1. The summed E-state index contributed by atoms with van der Waals surface area (Å²) in [5.74, 6) is 0.920. The molecule has 2 aromatic rings. The molecule has 2 heterocycles. The number of para-hydroxylation sites is 1. The topological polar surface area (TPSA) is 55.5 Å². The third kappa shape index (κ3) is 5.60. The van der Waals surface area contributed by atoms with Gasteiger partial charge in [0.05, 0.1) is 0 Å². The minimum atomic E-state index is 0. The molecular formula is C21H34IN5. The minimum absolute atomic E-state index is 0. The smallest absolute Gasteiger partial charge is 0.191 e. The summed E-state index contributed by atoms with van der Waals surface area (Å²) in [5.41, 5.74) is 3.91. The first kappa shape index (κ1) is 22.0. The highest BCUT2D eigenvalue weighted by molar-refractivity contribution is 14.0. The fourth-order valence-electron chi connectivity index (χ4n) is 3.83. The summed E-state index contributed by atoms with van der Waals surface area (Å²) >= 11 is 0. The lowest BCUT2D eigenvalue weighted by atomic mass is 10.0. The van der Waals surface area contributed by atoms with Gasteiger partial charge in [-0.2, -0.15) is 0 Å². The summed E-state index contributed by atoms with van der Waals surface area (Å²) in [6.45, 7) is 9.92. The van der Waals surface area contributed by atoms with E-state index in [4.69, 9.17) is 0 Å². The molecule has 0 unspecified atom stereocenters. The number of guanidine groups is 1. The molecule has 27 heavy (non-hydrogen) atoms. The molecule has 0 bridgehead atoms. The van der Waals surface area contributed by atoms with Crippen molar-refractivity contribution in [2.24, 2.45) is 4.99 Å². The highest BCUT2D eigenvalue weighted by Gasteiger charge is 2.21. The van der Waals surface area contributed by atoms with E-state index in [-0.39, 0.29) is 24.0 Å². The number of halogens is 1. The number of aromatic nitrogens is 1. The molecule has 3 rings (SSSR count). The van der Waals surface area contributed by atoms with Crippen LogP contribution in [0.25, 0.3) is 10.9 Å². The molecule has 3 N–H and O–H groups in total. The van der Waals surface area contributed by atoms with Crippen molar-refractivity contribution in [1.82, 2.24) is 20.5 Å². The molecule has 0 spiro atoms. The fraction of sp³-hybridized carbons (Fsp3) is 0.571. The lowest BCUT2D eigenvalue weighted by Gasteiger charge is -2.35. The zero-order chi connectivity index (χ0) is 18.5. The molecular weight excluding hydrogens is 449 g/mol. The summed E-state index contributed by atoms with van der Waals surface area (Å²) in [5, 5.41) is 8.41. The number of benzene rings is 1. The molecule has 5 nitrogen and oxygen atoms in total. The Labute approximate surface area is 180 Å². The average molecular weight is 483 g/mol. The van der Waals surface area contributed by atoms with E-state index in [1.165, 1.54) is 48.0 Å². The monoisotopic (exact) mass is 483 g/mol. The van der Waals surface area contributed by atoms with Gasteiger partial charge >= 0.3 is 0 Å². The Morgan fingerprint density at radius 1 is 1.30 bits per heavy atom. The molecule has 1 aliphatic heterocycles. The van der Waals surface area contributed by atoms with Crippen LogP contribution >= 0.6 is 24.0 Å². The first-order chi connectivity index (χ1) is 12.6. The standard InChI is InChI=1S/C21H33N5.HI/c1-15(2)26-12-9-18(10-13-26)25-21(22-4)23-11-8-17-14-24-20-16(3)6-5-7-19(17)20;/h5-7,14-15,18,24H,8-13H2,1-4H3,(H2,22,23,25);1H. The van der Waals surface area contributed by atoms with Crippen LogP contribution in [-0.2, 0) is 6.42 Å². The Morgan fingerprint density at radius 3 is 2.70 bits per heavy atom. The maximum absolute atomic E-state index is 4.40. The van der Waals surface area contributed by atoms with E-state index in [0.29, 0.717) is 12.1 Å². The number of likely N-dealkylation sites (tertiary alicyclic amines) is 1. The number of nitrogens with zero attached hydrogens (tertiary/aromatic N) is 2. The van der Waals surface area contributed by atoms with Crippen molar-refractivity contribution >= 4 is 40.8 Å². The lowest BCUT2D eigenvalue weighted by molar-refractivity contribution is 0.167. The van der Waals surface area contributed by atoms with Crippen LogP contribution in [0.5, 0.6) is 0 Å². The number of hydrogen-bond acceptors (Lipinski definition) is 2. The first-order valence-corrected chi connectivity index (χ1v) is 9.85. The molecule has 1 saturated heterocycles. The zero-order valence-electron chi connectivity index (χ0n) is 17.0. The van der Waals surface area contributed by atoms with E-state index in [2.05, 4.69) is 70.7 Å². The van der Waals surface area contributed by atoms with E-state index in [9.17, 15) is 0 Å². The maximum atomic E-state index is 4.40. The zero-order valence-corrected chi connectivity index (χ0v) is 19.3. The van der Waals surface area contributed by atoms with Crippen LogP contribution in [0.3, 0.4) is 0 Å². The molecule has 1 aliphatic rings. The van der Waals surface area contributed by atoms with Crippen LogP contribution in [-0.4, -0.2) is 54.6 Å². The molecule has 0 radical (unpaired) electrons. The third-order valence-corrected chi connectivity index (χ3v) is 5.52. The summed E-state index contributed by atoms with van der Waals surface area (Å²) in [6, 6.07) is 7.65. The van der Waals surface area contributed by atoms with E-state index in [1.54, 1.807) is 0 Å². The fourth-order valence-corrected chi connectivity index (χ4v) is 3.83. The molecule has 1 aromatic heterocycles. The Morgan fingerprint density at radius 2 is 2.04 bits per heavy atom. The largest absolute Gasteiger partial charge is 0.361 e. The van der Waals surface area contributed by atoms with E-state index in [0.717, 1.165) is 18.9 Å². The van der Waals surface area contributed by atoms with Crippen molar-refractivity contribution in [1.29, 1.82) is 0 Å². The van der Waals surface area contributed by atoms with Crippen LogP contribution in [0.15, 0.2) is 29.4 Å².